The second kappa shape index (κ2) is 4.43. The lowest BCUT2D eigenvalue weighted by molar-refractivity contribution is 0.581. The lowest BCUT2D eigenvalue weighted by Crippen LogP contribution is -2.28. The molecular weight excluding hydrogens is 191 g/mol. The van der Waals surface area contributed by atoms with Crippen molar-refractivity contribution in [1.29, 1.82) is 0 Å². The van der Waals surface area contributed by atoms with Crippen molar-refractivity contribution in [3.05, 3.63) is 35.6 Å². The number of benzene rings is 1. The van der Waals surface area contributed by atoms with Gasteiger partial charge in [-0.2, -0.15) is 0 Å². The van der Waals surface area contributed by atoms with Gasteiger partial charge in [0, 0.05) is 5.41 Å². The lowest BCUT2D eigenvalue weighted by Gasteiger charge is -2.17. The Bertz CT molecular complexity index is 347. The molecule has 0 amide bonds. The first kappa shape index (κ1) is 11.7. The Morgan fingerprint density at radius 1 is 1.27 bits per heavy atom. The van der Waals surface area contributed by atoms with E-state index in [4.69, 9.17) is 5.73 Å². The van der Waals surface area contributed by atoms with Gasteiger partial charge >= 0.3 is 0 Å². The van der Waals surface area contributed by atoms with Crippen LogP contribution in [-0.4, -0.2) is 5.84 Å². The van der Waals surface area contributed by atoms with Crippen LogP contribution < -0.4 is 5.73 Å². The van der Waals surface area contributed by atoms with E-state index < -0.39 is 0 Å². The van der Waals surface area contributed by atoms with E-state index in [1.165, 1.54) is 12.1 Å². The normalized spacial score (nSPS) is 12.9. The third-order valence-electron chi connectivity index (χ3n) is 2.11. The number of nitrogens with zero attached hydrogens (tertiary/aromatic N) is 1. The summed E-state index contributed by atoms with van der Waals surface area (Å²) in [5.74, 6) is 0.387. The second-order valence-corrected chi connectivity index (χ2v) is 4.58. The van der Waals surface area contributed by atoms with E-state index in [0.717, 1.165) is 5.56 Å². The van der Waals surface area contributed by atoms with Crippen LogP contribution >= 0.6 is 0 Å². The van der Waals surface area contributed by atoms with Gasteiger partial charge in [-0.3, -0.25) is 4.99 Å². The third kappa shape index (κ3) is 3.70. The molecule has 0 aromatic heterocycles. The second-order valence-electron chi connectivity index (χ2n) is 4.58. The van der Waals surface area contributed by atoms with Crippen molar-refractivity contribution in [3.8, 4) is 0 Å². The van der Waals surface area contributed by atoms with Crippen molar-refractivity contribution in [2.75, 3.05) is 0 Å². The minimum atomic E-state index is -0.230. The number of nitrogens with two attached hydrogens (primary N) is 1. The van der Waals surface area contributed by atoms with Crippen molar-refractivity contribution < 1.29 is 4.39 Å². The number of hydrogen-bond donors (Lipinski definition) is 1. The van der Waals surface area contributed by atoms with Crippen LogP contribution in [0.3, 0.4) is 0 Å². The monoisotopic (exact) mass is 208 g/mol. The van der Waals surface area contributed by atoms with Crippen LogP contribution in [0.15, 0.2) is 29.3 Å². The topological polar surface area (TPSA) is 38.4 Å². The van der Waals surface area contributed by atoms with Crippen molar-refractivity contribution in [2.24, 2.45) is 16.1 Å². The molecule has 0 unspecified atom stereocenters. The molecule has 82 valence electrons. The van der Waals surface area contributed by atoms with E-state index in [9.17, 15) is 4.39 Å². The van der Waals surface area contributed by atoms with Gasteiger partial charge in [-0.1, -0.05) is 32.9 Å². The number of hydrogen-bond acceptors (Lipinski definition) is 1. The maximum atomic E-state index is 12.6. The summed E-state index contributed by atoms with van der Waals surface area (Å²) in [6.07, 6.45) is 0. The van der Waals surface area contributed by atoms with Gasteiger partial charge in [0.1, 0.15) is 5.82 Å². The molecule has 0 saturated carbocycles. The molecule has 2 N–H and O–H groups in total. The Hall–Kier alpha value is -1.38. The van der Waals surface area contributed by atoms with Gasteiger partial charge in [-0.05, 0) is 17.7 Å². The predicted molar refractivity (Wildman–Crippen MR) is 61.2 cm³/mol. The highest BCUT2D eigenvalue weighted by Gasteiger charge is 2.14. The van der Waals surface area contributed by atoms with Gasteiger partial charge in [0.25, 0.3) is 0 Å². The lowest BCUT2D eigenvalue weighted by atomic mass is 9.95. The molecule has 0 saturated heterocycles. The number of amidine groups is 1. The van der Waals surface area contributed by atoms with E-state index >= 15 is 0 Å². The zero-order valence-corrected chi connectivity index (χ0v) is 9.42. The number of rotatable bonds is 2. The zero-order chi connectivity index (χ0) is 11.5. The fraction of sp³-hybridized carbons (Fsp3) is 0.417. The van der Waals surface area contributed by atoms with Crippen LogP contribution in [0.2, 0.25) is 0 Å². The summed E-state index contributed by atoms with van der Waals surface area (Å²) in [5, 5.41) is 0. The van der Waals surface area contributed by atoms with Gasteiger partial charge in [-0.25, -0.2) is 4.39 Å². The first-order valence-corrected chi connectivity index (χ1v) is 4.94. The Labute approximate surface area is 90.0 Å². The molecule has 0 aliphatic rings. The van der Waals surface area contributed by atoms with Crippen LogP contribution in [0.1, 0.15) is 26.3 Å². The molecule has 15 heavy (non-hydrogen) atoms. The van der Waals surface area contributed by atoms with Gasteiger partial charge in [0.2, 0.25) is 0 Å². The van der Waals surface area contributed by atoms with Crippen LogP contribution in [-0.2, 0) is 6.54 Å². The van der Waals surface area contributed by atoms with Gasteiger partial charge < -0.3 is 5.73 Å². The highest BCUT2D eigenvalue weighted by Crippen LogP contribution is 2.13. The average Bonchev–Trinajstić information content (AvgIpc) is 2.15. The van der Waals surface area contributed by atoms with E-state index in [2.05, 4.69) is 4.99 Å². The molecule has 0 bridgehead atoms. The molecule has 0 aliphatic carbocycles. The molecule has 0 radical (unpaired) electrons. The zero-order valence-electron chi connectivity index (χ0n) is 9.42. The van der Waals surface area contributed by atoms with Crippen LogP contribution in [0, 0.1) is 11.2 Å². The maximum absolute atomic E-state index is 12.6. The van der Waals surface area contributed by atoms with Crippen LogP contribution in [0.5, 0.6) is 0 Å². The Morgan fingerprint density at radius 2 is 1.80 bits per heavy atom. The summed E-state index contributed by atoms with van der Waals surface area (Å²) in [5.41, 5.74) is 6.65. The summed E-state index contributed by atoms with van der Waals surface area (Å²) in [7, 11) is 0. The molecule has 0 heterocycles. The standard InChI is InChI=1S/C12H17FN2/c1-12(2,3)11(14)15-8-9-4-6-10(13)7-5-9/h4-7H,8H2,1-3H3,(H2,14,15). The molecule has 0 fully saturated rings. The Balaban J connectivity index is 2.68. The highest BCUT2D eigenvalue weighted by atomic mass is 19.1. The minimum Gasteiger partial charge on any atom is -0.387 e. The first-order valence-electron chi connectivity index (χ1n) is 4.94. The molecule has 0 atom stereocenters. The highest BCUT2D eigenvalue weighted by molar-refractivity contribution is 5.85. The predicted octanol–water partition coefficient (Wildman–Crippen LogP) is 2.73. The van der Waals surface area contributed by atoms with Gasteiger partial charge in [0.15, 0.2) is 0 Å². The summed E-state index contributed by atoms with van der Waals surface area (Å²) < 4.78 is 12.6. The third-order valence-corrected chi connectivity index (χ3v) is 2.11. The van der Waals surface area contributed by atoms with Crippen molar-refractivity contribution in [1.82, 2.24) is 0 Å². The molecule has 1 aromatic rings. The van der Waals surface area contributed by atoms with Gasteiger partial charge in [-0.15, -0.1) is 0 Å². The van der Waals surface area contributed by atoms with Crippen LogP contribution in [0.4, 0.5) is 4.39 Å². The smallest absolute Gasteiger partial charge is 0.123 e. The Kier molecular flexibility index (Phi) is 3.45. The molecule has 3 heteroatoms. The van der Waals surface area contributed by atoms with E-state index in [1.54, 1.807) is 12.1 Å². The average molecular weight is 208 g/mol. The van der Waals surface area contributed by atoms with Crippen molar-refractivity contribution in [3.63, 3.8) is 0 Å². The quantitative estimate of drug-likeness (QED) is 0.589. The maximum Gasteiger partial charge on any atom is 0.123 e. The summed E-state index contributed by atoms with van der Waals surface area (Å²) in [6, 6.07) is 6.29. The van der Waals surface area contributed by atoms with Crippen molar-refractivity contribution in [2.45, 2.75) is 27.3 Å². The SMILES string of the molecule is CC(C)(C)C(N)=NCc1ccc(F)cc1. The minimum absolute atomic E-state index is 0.111. The molecule has 0 aliphatic heterocycles. The van der Waals surface area contributed by atoms with Crippen LogP contribution in [0.25, 0.3) is 0 Å². The molecular formula is C12H17FN2. The summed E-state index contributed by atoms with van der Waals surface area (Å²) in [6.45, 7) is 6.53. The van der Waals surface area contributed by atoms with E-state index in [0.29, 0.717) is 12.4 Å². The number of aliphatic imine (C=N–C) groups is 1. The first-order chi connectivity index (χ1) is 6.89. The van der Waals surface area contributed by atoms with E-state index in [-0.39, 0.29) is 11.2 Å². The largest absolute Gasteiger partial charge is 0.387 e. The molecule has 1 rings (SSSR count). The Morgan fingerprint density at radius 3 is 2.27 bits per heavy atom. The fourth-order valence-corrected chi connectivity index (χ4v) is 1.00. The van der Waals surface area contributed by atoms with Gasteiger partial charge in [0.05, 0.1) is 12.4 Å². The summed E-state index contributed by atoms with van der Waals surface area (Å²) in [4.78, 5) is 4.27. The van der Waals surface area contributed by atoms with Crippen molar-refractivity contribution >= 4 is 5.84 Å². The molecule has 0 spiro atoms. The number of halogens is 1. The summed E-state index contributed by atoms with van der Waals surface area (Å²) >= 11 is 0. The molecule has 1 aromatic carbocycles. The van der Waals surface area contributed by atoms with E-state index in [1.807, 2.05) is 20.8 Å². The molecule has 2 nitrogen and oxygen atoms in total. The fourth-order valence-electron chi connectivity index (χ4n) is 1.00.